The molecule has 1 aliphatic heterocycles. The topological polar surface area (TPSA) is 60.9 Å². The van der Waals surface area contributed by atoms with Crippen molar-refractivity contribution in [2.75, 3.05) is 27.2 Å². The molecule has 5 nitrogen and oxygen atoms in total. The molecule has 1 atom stereocenters. The van der Waals surface area contributed by atoms with Crippen LogP contribution in [0.1, 0.15) is 17.2 Å². The van der Waals surface area contributed by atoms with Gasteiger partial charge in [0.25, 0.3) is 11.7 Å². The van der Waals surface area contributed by atoms with E-state index >= 15 is 0 Å². The van der Waals surface area contributed by atoms with Gasteiger partial charge in [-0.2, -0.15) is 0 Å². The van der Waals surface area contributed by atoms with Crippen LogP contribution in [0.3, 0.4) is 0 Å². The summed E-state index contributed by atoms with van der Waals surface area (Å²) in [6, 6.07) is 12.8. The SMILES string of the molecule is CN(C)CCN1C(=O)C(=O)/C(=C(/O)c2ccccc2)[C@@H]1c1ccc(Cl)cc1Cl. The van der Waals surface area contributed by atoms with Gasteiger partial charge in [-0.05, 0) is 31.8 Å². The Kier molecular flexibility index (Phi) is 6.08. The molecule has 146 valence electrons. The first-order valence-electron chi connectivity index (χ1n) is 8.74. The molecule has 0 aromatic heterocycles. The first kappa shape index (κ1) is 20.4. The average Bonchev–Trinajstić information content (AvgIpc) is 2.91. The number of ketones is 1. The van der Waals surface area contributed by atoms with Gasteiger partial charge >= 0.3 is 0 Å². The van der Waals surface area contributed by atoms with Crippen LogP contribution in [0.5, 0.6) is 0 Å². The average molecular weight is 419 g/mol. The highest BCUT2D eigenvalue weighted by atomic mass is 35.5. The van der Waals surface area contributed by atoms with Gasteiger partial charge in [-0.15, -0.1) is 0 Å². The number of likely N-dealkylation sites (tertiary alicyclic amines) is 1. The Bertz CT molecular complexity index is 942. The number of aliphatic hydroxyl groups is 1. The van der Waals surface area contributed by atoms with Crippen LogP contribution in [-0.2, 0) is 9.59 Å². The normalized spacial score (nSPS) is 18.9. The quantitative estimate of drug-likeness (QED) is 0.453. The molecule has 0 unspecified atom stereocenters. The number of nitrogens with zero attached hydrogens (tertiary/aromatic N) is 2. The number of rotatable bonds is 5. The summed E-state index contributed by atoms with van der Waals surface area (Å²) in [5.41, 5.74) is 1.03. The number of benzene rings is 2. The van der Waals surface area contributed by atoms with Gasteiger partial charge in [0.15, 0.2) is 0 Å². The number of amides is 1. The second-order valence-electron chi connectivity index (χ2n) is 6.83. The lowest BCUT2D eigenvalue weighted by atomic mass is 9.95. The minimum Gasteiger partial charge on any atom is -0.507 e. The number of aliphatic hydroxyl groups excluding tert-OH is 1. The molecule has 3 rings (SSSR count). The number of carbonyl (C=O) groups excluding carboxylic acids is 2. The highest BCUT2D eigenvalue weighted by molar-refractivity contribution is 6.47. The van der Waals surface area contributed by atoms with Gasteiger partial charge in [-0.25, -0.2) is 0 Å². The predicted molar refractivity (Wildman–Crippen MR) is 110 cm³/mol. The van der Waals surface area contributed by atoms with Crippen molar-refractivity contribution in [3.8, 4) is 0 Å². The number of hydrogen-bond donors (Lipinski definition) is 1. The summed E-state index contributed by atoms with van der Waals surface area (Å²) in [6.07, 6.45) is 0. The third-order valence-electron chi connectivity index (χ3n) is 4.63. The summed E-state index contributed by atoms with van der Waals surface area (Å²) >= 11 is 12.4. The molecule has 1 N–H and O–H groups in total. The van der Waals surface area contributed by atoms with E-state index in [9.17, 15) is 14.7 Å². The van der Waals surface area contributed by atoms with Gasteiger partial charge < -0.3 is 14.9 Å². The van der Waals surface area contributed by atoms with E-state index in [0.717, 1.165) is 0 Å². The highest BCUT2D eigenvalue weighted by Gasteiger charge is 2.46. The summed E-state index contributed by atoms with van der Waals surface area (Å²) in [7, 11) is 3.76. The van der Waals surface area contributed by atoms with Crippen LogP contribution in [0.15, 0.2) is 54.1 Å². The van der Waals surface area contributed by atoms with Crippen LogP contribution in [0.25, 0.3) is 5.76 Å². The van der Waals surface area contributed by atoms with Crippen LogP contribution in [0, 0.1) is 0 Å². The summed E-state index contributed by atoms with van der Waals surface area (Å²) in [4.78, 5) is 29.0. The number of Topliss-reactive ketones (excluding diaryl/α,β-unsaturated/α-hetero) is 1. The van der Waals surface area contributed by atoms with Crippen LogP contribution < -0.4 is 0 Å². The van der Waals surface area contributed by atoms with E-state index in [2.05, 4.69) is 0 Å². The molecule has 0 bridgehead atoms. The van der Waals surface area contributed by atoms with Gasteiger partial charge in [0.05, 0.1) is 11.6 Å². The summed E-state index contributed by atoms with van der Waals surface area (Å²) < 4.78 is 0. The number of halogens is 2. The molecule has 0 saturated carbocycles. The molecule has 1 heterocycles. The van der Waals surface area contributed by atoms with E-state index in [4.69, 9.17) is 23.2 Å². The molecule has 0 radical (unpaired) electrons. The maximum atomic E-state index is 12.8. The lowest BCUT2D eigenvalue weighted by molar-refractivity contribution is -0.140. The number of likely N-dealkylation sites (N-methyl/N-ethyl adjacent to an activating group) is 1. The van der Waals surface area contributed by atoms with Crippen molar-refractivity contribution in [1.29, 1.82) is 0 Å². The molecule has 1 aliphatic rings. The molecule has 0 spiro atoms. The fourth-order valence-corrected chi connectivity index (χ4v) is 3.73. The lowest BCUT2D eigenvalue weighted by Crippen LogP contribution is -2.35. The van der Waals surface area contributed by atoms with Crippen LogP contribution in [0.2, 0.25) is 10.0 Å². The Hall–Kier alpha value is -2.34. The molecule has 1 saturated heterocycles. The minimum atomic E-state index is -0.787. The van der Waals surface area contributed by atoms with E-state index in [1.807, 2.05) is 19.0 Å². The molecular weight excluding hydrogens is 399 g/mol. The maximum Gasteiger partial charge on any atom is 0.295 e. The predicted octanol–water partition coefficient (Wildman–Crippen LogP) is 3.98. The van der Waals surface area contributed by atoms with E-state index < -0.39 is 17.7 Å². The van der Waals surface area contributed by atoms with Crippen LogP contribution >= 0.6 is 23.2 Å². The van der Waals surface area contributed by atoms with Crippen molar-refractivity contribution in [2.45, 2.75) is 6.04 Å². The standard InChI is InChI=1S/C21H20Cl2N2O3/c1-24(2)10-11-25-18(15-9-8-14(22)12-16(15)23)17(20(27)21(25)28)19(26)13-6-4-3-5-7-13/h3-9,12,18,26H,10-11H2,1-2H3/b19-17+/t18-/m0/s1. The molecule has 2 aromatic carbocycles. The smallest absolute Gasteiger partial charge is 0.295 e. The molecular formula is C21H20Cl2N2O3. The monoisotopic (exact) mass is 418 g/mol. The van der Waals surface area contributed by atoms with E-state index in [-0.39, 0.29) is 11.3 Å². The van der Waals surface area contributed by atoms with Crippen molar-refractivity contribution in [1.82, 2.24) is 9.80 Å². The third kappa shape index (κ3) is 3.92. The number of carbonyl (C=O) groups is 2. The number of hydrogen-bond acceptors (Lipinski definition) is 4. The first-order valence-corrected chi connectivity index (χ1v) is 9.50. The fraction of sp³-hybridized carbons (Fsp3) is 0.238. The molecule has 7 heteroatoms. The third-order valence-corrected chi connectivity index (χ3v) is 5.19. The minimum absolute atomic E-state index is 0.0270. The Morgan fingerprint density at radius 1 is 1.11 bits per heavy atom. The molecule has 1 fully saturated rings. The van der Waals surface area contributed by atoms with Gasteiger partial charge in [0, 0.05) is 28.7 Å². The Balaban J connectivity index is 2.18. The Labute approximate surface area is 173 Å². The fourth-order valence-electron chi connectivity index (χ4n) is 3.22. The van der Waals surface area contributed by atoms with E-state index in [0.29, 0.717) is 34.3 Å². The van der Waals surface area contributed by atoms with Crippen molar-refractivity contribution in [3.63, 3.8) is 0 Å². The second kappa shape index (κ2) is 8.35. The van der Waals surface area contributed by atoms with Crippen molar-refractivity contribution in [2.24, 2.45) is 0 Å². The molecule has 1 amide bonds. The second-order valence-corrected chi connectivity index (χ2v) is 7.67. The van der Waals surface area contributed by atoms with Crippen molar-refractivity contribution in [3.05, 3.63) is 75.3 Å². The van der Waals surface area contributed by atoms with E-state index in [1.54, 1.807) is 48.5 Å². The zero-order valence-corrected chi connectivity index (χ0v) is 17.0. The Morgan fingerprint density at radius 3 is 2.39 bits per heavy atom. The summed E-state index contributed by atoms with van der Waals surface area (Å²) in [5.74, 6) is -1.60. The molecule has 0 aliphatic carbocycles. The zero-order valence-electron chi connectivity index (χ0n) is 15.5. The van der Waals surface area contributed by atoms with Gasteiger partial charge in [-0.1, -0.05) is 59.6 Å². The highest BCUT2D eigenvalue weighted by Crippen LogP contribution is 2.42. The van der Waals surface area contributed by atoms with E-state index in [1.165, 1.54) is 4.90 Å². The van der Waals surface area contributed by atoms with Gasteiger partial charge in [0.1, 0.15) is 5.76 Å². The van der Waals surface area contributed by atoms with Crippen molar-refractivity contribution >= 4 is 40.7 Å². The lowest BCUT2D eigenvalue weighted by Gasteiger charge is -2.27. The molecule has 2 aromatic rings. The first-order chi connectivity index (χ1) is 13.3. The van der Waals surface area contributed by atoms with Gasteiger partial charge in [-0.3, -0.25) is 9.59 Å². The maximum absolute atomic E-state index is 12.8. The van der Waals surface area contributed by atoms with Gasteiger partial charge in [0.2, 0.25) is 0 Å². The van der Waals surface area contributed by atoms with Crippen molar-refractivity contribution < 1.29 is 14.7 Å². The summed E-state index contributed by atoms with van der Waals surface area (Å²) in [5, 5.41) is 11.7. The molecule has 28 heavy (non-hydrogen) atoms. The van der Waals surface area contributed by atoms with Crippen LogP contribution in [-0.4, -0.2) is 53.8 Å². The largest absolute Gasteiger partial charge is 0.507 e. The van der Waals surface area contributed by atoms with Crippen LogP contribution in [0.4, 0.5) is 0 Å². The Morgan fingerprint density at radius 2 is 1.79 bits per heavy atom. The zero-order chi connectivity index (χ0) is 20.4. The summed E-state index contributed by atoms with van der Waals surface area (Å²) in [6.45, 7) is 0.868.